The fraction of sp³-hybridized carbons (Fsp3) is 0.0667. The van der Waals surface area contributed by atoms with Gasteiger partial charge in [-0.25, -0.2) is 4.79 Å². The van der Waals surface area contributed by atoms with Crippen LogP contribution in [0.3, 0.4) is 0 Å². The van der Waals surface area contributed by atoms with Gasteiger partial charge in [0.15, 0.2) is 0 Å². The van der Waals surface area contributed by atoms with Crippen LogP contribution in [0.1, 0.15) is 15.9 Å². The van der Waals surface area contributed by atoms with Gasteiger partial charge < -0.3 is 14.9 Å². The van der Waals surface area contributed by atoms with Gasteiger partial charge in [-0.05, 0) is 36.4 Å². The Bertz CT molecular complexity index is 713. The number of carbonyl (C=O) groups is 1. The van der Waals surface area contributed by atoms with Gasteiger partial charge in [0, 0.05) is 11.8 Å². The number of hydrogen-bond donors (Lipinski definition) is 2. The zero-order chi connectivity index (χ0) is 15.4. The van der Waals surface area contributed by atoms with E-state index in [-0.39, 0.29) is 11.3 Å². The molecule has 0 unspecified atom stereocenters. The molecular weight excluding hydrogens is 294 g/mol. The Labute approximate surface area is 126 Å². The zero-order valence-electron chi connectivity index (χ0n) is 11.1. The highest BCUT2D eigenvalue weighted by atomic mass is 35.5. The summed E-state index contributed by atoms with van der Waals surface area (Å²) in [6, 6.07) is 8.94. The third-order valence-corrected chi connectivity index (χ3v) is 3.06. The van der Waals surface area contributed by atoms with E-state index in [4.69, 9.17) is 21.4 Å². The summed E-state index contributed by atoms with van der Waals surface area (Å²) in [6.07, 6.45) is 1.37. The number of aliphatic imine (C=N–C) groups is 1. The van der Waals surface area contributed by atoms with Crippen LogP contribution in [0.15, 0.2) is 41.4 Å². The van der Waals surface area contributed by atoms with E-state index in [0.717, 1.165) is 0 Å². The van der Waals surface area contributed by atoms with Crippen molar-refractivity contribution in [2.75, 3.05) is 7.11 Å². The number of halogens is 1. The van der Waals surface area contributed by atoms with E-state index in [1.807, 2.05) is 0 Å². The van der Waals surface area contributed by atoms with Crippen LogP contribution >= 0.6 is 11.6 Å². The van der Waals surface area contributed by atoms with Crippen molar-refractivity contribution in [2.24, 2.45) is 4.99 Å². The Morgan fingerprint density at radius 3 is 2.67 bits per heavy atom. The maximum atomic E-state index is 10.9. The first-order valence-corrected chi connectivity index (χ1v) is 6.33. The Morgan fingerprint density at radius 1 is 1.29 bits per heavy atom. The molecule has 0 saturated heterocycles. The molecule has 0 saturated carbocycles. The van der Waals surface area contributed by atoms with Gasteiger partial charge in [-0.3, -0.25) is 4.99 Å². The van der Waals surface area contributed by atoms with Crippen LogP contribution in [-0.4, -0.2) is 29.5 Å². The van der Waals surface area contributed by atoms with Crippen LogP contribution in [0.25, 0.3) is 0 Å². The van der Waals surface area contributed by atoms with Crippen LogP contribution in [0.5, 0.6) is 11.5 Å². The Kier molecular flexibility index (Phi) is 4.45. The van der Waals surface area contributed by atoms with Crippen molar-refractivity contribution in [3.63, 3.8) is 0 Å². The third-order valence-electron chi connectivity index (χ3n) is 2.76. The minimum absolute atomic E-state index is 0.0524. The number of ether oxygens (including phenoxy) is 1. The molecule has 108 valence electrons. The van der Waals surface area contributed by atoms with E-state index in [1.165, 1.54) is 31.5 Å². The lowest BCUT2D eigenvalue weighted by molar-refractivity contribution is 0.0697. The molecule has 2 aromatic carbocycles. The lowest BCUT2D eigenvalue weighted by atomic mass is 10.1. The van der Waals surface area contributed by atoms with Crippen LogP contribution in [0, 0.1) is 0 Å². The summed E-state index contributed by atoms with van der Waals surface area (Å²) in [7, 11) is 1.51. The number of aromatic carboxylic acids is 1. The normalized spacial score (nSPS) is 10.8. The third kappa shape index (κ3) is 3.52. The molecule has 6 heteroatoms. The number of aromatic hydroxyl groups is 1. The molecule has 0 aromatic heterocycles. The molecule has 0 bridgehead atoms. The average molecular weight is 306 g/mol. The second kappa shape index (κ2) is 6.28. The Morgan fingerprint density at radius 2 is 2.05 bits per heavy atom. The molecule has 0 spiro atoms. The minimum atomic E-state index is -1.07. The molecule has 0 fully saturated rings. The van der Waals surface area contributed by atoms with Crippen LogP contribution < -0.4 is 4.74 Å². The van der Waals surface area contributed by atoms with Crippen LogP contribution in [0.2, 0.25) is 5.02 Å². The summed E-state index contributed by atoms with van der Waals surface area (Å²) in [6.45, 7) is 0. The number of nitrogens with zero attached hydrogens (tertiary/aromatic N) is 1. The van der Waals surface area contributed by atoms with Gasteiger partial charge in [-0.2, -0.15) is 0 Å². The molecule has 0 radical (unpaired) electrons. The number of methoxy groups -OCH3 is 1. The van der Waals surface area contributed by atoms with Crippen molar-refractivity contribution in [3.8, 4) is 11.5 Å². The Hall–Kier alpha value is -2.53. The second-order valence-corrected chi connectivity index (χ2v) is 4.56. The summed E-state index contributed by atoms with van der Waals surface area (Å²) in [4.78, 5) is 15.1. The van der Waals surface area contributed by atoms with Gasteiger partial charge >= 0.3 is 5.97 Å². The summed E-state index contributed by atoms with van der Waals surface area (Å²) in [5.74, 6) is -0.591. The first-order chi connectivity index (χ1) is 10.0. The zero-order valence-corrected chi connectivity index (χ0v) is 11.8. The summed E-state index contributed by atoms with van der Waals surface area (Å²) in [5.41, 5.74) is 0.935. The van der Waals surface area contributed by atoms with Gasteiger partial charge in [0.05, 0.1) is 23.4 Å². The minimum Gasteiger partial charge on any atom is -0.507 e. The fourth-order valence-electron chi connectivity index (χ4n) is 1.67. The number of hydrogen-bond acceptors (Lipinski definition) is 4. The first kappa shape index (κ1) is 14.9. The molecule has 0 aliphatic rings. The number of rotatable bonds is 4. The standard InChI is InChI=1S/C15H12ClNO4/c1-21-14-5-3-11(7-12(14)16)17-8-10-6-9(15(19)20)2-4-13(10)18/h2-8,18H,1H3,(H,19,20). The van der Waals surface area contributed by atoms with Crippen molar-refractivity contribution in [3.05, 3.63) is 52.5 Å². The smallest absolute Gasteiger partial charge is 0.335 e. The molecule has 2 N–H and O–H groups in total. The molecule has 0 heterocycles. The molecule has 0 aliphatic carbocycles. The van der Waals surface area contributed by atoms with Crippen molar-refractivity contribution >= 4 is 29.5 Å². The van der Waals surface area contributed by atoms with E-state index in [2.05, 4.69) is 4.99 Å². The number of phenolic OH excluding ortho intramolecular Hbond substituents is 1. The molecule has 21 heavy (non-hydrogen) atoms. The summed E-state index contributed by atoms with van der Waals surface area (Å²) < 4.78 is 5.03. The monoisotopic (exact) mass is 305 g/mol. The summed E-state index contributed by atoms with van der Waals surface area (Å²) in [5, 5.41) is 19.0. The molecule has 2 rings (SSSR count). The fourth-order valence-corrected chi connectivity index (χ4v) is 1.92. The second-order valence-electron chi connectivity index (χ2n) is 4.16. The molecule has 0 atom stereocenters. The van der Waals surface area contributed by atoms with Gasteiger partial charge in [0.1, 0.15) is 11.5 Å². The number of carboxylic acid groups (broad SMARTS) is 1. The number of carboxylic acids is 1. The predicted molar refractivity (Wildman–Crippen MR) is 80.3 cm³/mol. The number of phenols is 1. The van der Waals surface area contributed by atoms with E-state index in [9.17, 15) is 9.90 Å². The summed E-state index contributed by atoms with van der Waals surface area (Å²) >= 11 is 5.98. The van der Waals surface area contributed by atoms with Crippen molar-refractivity contribution in [1.29, 1.82) is 0 Å². The molecule has 2 aromatic rings. The molecule has 0 amide bonds. The highest BCUT2D eigenvalue weighted by Crippen LogP contribution is 2.28. The predicted octanol–water partition coefficient (Wildman–Crippen LogP) is 3.50. The van der Waals surface area contributed by atoms with Crippen molar-refractivity contribution in [1.82, 2.24) is 0 Å². The molecular formula is C15H12ClNO4. The lowest BCUT2D eigenvalue weighted by Gasteiger charge is -2.03. The largest absolute Gasteiger partial charge is 0.507 e. The molecule has 5 nitrogen and oxygen atoms in total. The van der Waals surface area contributed by atoms with Crippen molar-refractivity contribution in [2.45, 2.75) is 0 Å². The first-order valence-electron chi connectivity index (χ1n) is 5.95. The van der Waals surface area contributed by atoms with Gasteiger partial charge in [-0.15, -0.1) is 0 Å². The maximum absolute atomic E-state index is 10.9. The lowest BCUT2D eigenvalue weighted by Crippen LogP contribution is -1.97. The van der Waals surface area contributed by atoms with E-state index >= 15 is 0 Å². The van der Waals surface area contributed by atoms with E-state index in [1.54, 1.807) is 18.2 Å². The topological polar surface area (TPSA) is 79.1 Å². The van der Waals surface area contributed by atoms with Gasteiger partial charge in [-0.1, -0.05) is 11.6 Å². The quantitative estimate of drug-likeness (QED) is 0.847. The van der Waals surface area contributed by atoms with E-state index in [0.29, 0.717) is 22.0 Å². The Balaban J connectivity index is 2.30. The van der Waals surface area contributed by atoms with Gasteiger partial charge in [0.25, 0.3) is 0 Å². The molecule has 0 aliphatic heterocycles. The van der Waals surface area contributed by atoms with Crippen LogP contribution in [-0.2, 0) is 0 Å². The maximum Gasteiger partial charge on any atom is 0.335 e. The van der Waals surface area contributed by atoms with E-state index < -0.39 is 5.97 Å². The SMILES string of the molecule is COc1ccc(N=Cc2cc(C(=O)O)ccc2O)cc1Cl. The highest BCUT2D eigenvalue weighted by molar-refractivity contribution is 6.32. The highest BCUT2D eigenvalue weighted by Gasteiger charge is 2.06. The van der Waals surface area contributed by atoms with Gasteiger partial charge in [0.2, 0.25) is 0 Å². The average Bonchev–Trinajstić information content (AvgIpc) is 2.46. The van der Waals surface area contributed by atoms with Crippen LogP contribution in [0.4, 0.5) is 5.69 Å². The van der Waals surface area contributed by atoms with Crippen molar-refractivity contribution < 1.29 is 19.7 Å². The number of benzene rings is 2.